The Morgan fingerprint density at radius 2 is 1.27 bits per heavy atom. The van der Waals surface area contributed by atoms with Crippen molar-refractivity contribution in [3.63, 3.8) is 0 Å². The second kappa shape index (κ2) is 25.8. The first kappa shape index (κ1) is 36.5. The lowest BCUT2D eigenvalue weighted by Gasteiger charge is -2.22. The first-order valence-electron chi connectivity index (χ1n) is 15.3. The molecule has 8 heteroatoms. The van der Waals surface area contributed by atoms with Crippen LogP contribution in [0, 0.1) is 0 Å². The zero-order chi connectivity index (χ0) is 27.6. The third-order valence-corrected chi connectivity index (χ3v) is 8.07. The summed E-state index contributed by atoms with van der Waals surface area (Å²) < 4.78 is 28.9. The number of rotatable bonds is 28. The average Bonchev–Trinajstić information content (AvgIpc) is 2.87. The van der Waals surface area contributed by atoms with Crippen molar-refractivity contribution < 1.29 is 28.3 Å². The lowest BCUT2D eigenvalue weighted by Crippen LogP contribution is -2.29. The molecule has 0 spiro atoms. The van der Waals surface area contributed by atoms with Crippen LogP contribution in [0.1, 0.15) is 130 Å². The summed E-state index contributed by atoms with van der Waals surface area (Å²) in [5.41, 5.74) is 0. The Balaban J connectivity index is 3.98. The van der Waals surface area contributed by atoms with Crippen molar-refractivity contribution in [1.82, 2.24) is 4.90 Å². The highest BCUT2D eigenvalue weighted by Gasteiger charge is 2.24. The van der Waals surface area contributed by atoms with Gasteiger partial charge >= 0.3 is 13.6 Å². The second-order valence-corrected chi connectivity index (χ2v) is 12.2. The van der Waals surface area contributed by atoms with Crippen molar-refractivity contribution in [2.75, 3.05) is 45.6 Å². The molecule has 2 atom stereocenters. The van der Waals surface area contributed by atoms with Crippen LogP contribution in [-0.2, 0) is 23.4 Å². The van der Waals surface area contributed by atoms with E-state index in [2.05, 4.69) is 11.8 Å². The average molecular weight is 550 g/mol. The molecule has 0 aliphatic rings. The van der Waals surface area contributed by atoms with Gasteiger partial charge in [0.1, 0.15) is 6.10 Å². The topological polar surface area (TPSA) is 85.3 Å². The van der Waals surface area contributed by atoms with E-state index < -0.39 is 13.7 Å². The molecule has 0 aromatic heterocycles. The number of hydrogen-bond acceptors (Lipinski definition) is 6. The Kier molecular flexibility index (Phi) is 25.5. The molecule has 222 valence electrons. The van der Waals surface area contributed by atoms with Gasteiger partial charge in [0.25, 0.3) is 0 Å². The Bertz CT molecular complexity index is 559. The summed E-state index contributed by atoms with van der Waals surface area (Å²) in [6, 6.07) is 0. The van der Waals surface area contributed by atoms with Crippen LogP contribution in [0.25, 0.3) is 0 Å². The van der Waals surface area contributed by atoms with Gasteiger partial charge in [0.2, 0.25) is 0 Å². The lowest BCUT2D eigenvalue weighted by molar-refractivity contribution is -0.154. The van der Waals surface area contributed by atoms with Crippen LogP contribution in [0.3, 0.4) is 0 Å². The molecule has 0 aliphatic heterocycles. The molecule has 0 aromatic carbocycles. The first-order chi connectivity index (χ1) is 17.9. The minimum absolute atomic E-state index is 0.0597. The molecule has 0 saturated heterocycles. The van der Waals surface area contributed by atoms with Gasteiger partial charge in [-0.3, -0.25) is 9.36 Å². The summed E-state index contributed by atoms with van der Waals surface area (Å²) in [6.07, 6.45) is 18.7. The zero-order valence-electron chi connectivity index (χ0n) is 24.7. The van der Waals surface area contributed by atoms with Gasteiger partial charge in [0.05, 0.1) is 19.4 Å². The third-order valence-electron chi connectivity index (χ3n) is 6.75. The molecule has 0 heterocycles. The van der Waals surface area contributed by atoms with Crippen molar-refractivity contribution in [3.8, 4) is 0 Å². The summed E-state index contributed by atoms with van der Waals surface area (Å²) in [7, 11) is -3.75. The summed E-state index contributed by atoms with van der Waals surface area (Å²) >= 11 is 0. The highest BCUT2D eigenvalue weighted by Crippen LogP contribution is 2.41. The zero-order valence-corrected chi connectivity index (χ0v) is 25.6. The van der Waals surface area contributed by atoms with E-state index >= 15 is 0 Å². The Morgan fingerprint density at radius 1 is 0.757 bits per heavy atom. The molecule has 1 N–H and O–H groups in total. The fourth-order valence-corrected chi connectivity index (χ4v) is 5.31. The quantitative estimate of drug-likeness (QED) is 0.0607. The smallest absolute Gasteiger partial charge is 0.329 e. The summed E-state index contributed by atoms with van der Waals surface area (Å²) in [6.45, 7) is 11.0. The minimum Gasteiger partial charge on any atom is -0.457 e. The van der Waals surface area contributed by atoms with Gasteiger partial charge in [-0.15, -0.1) is 0 Å². The molecule has 0 rings (SSSR count). The molecule has 7 nitrogen and oxygen atoms in total. The largest absolute Gasteiger partial charge is 0.457 e. The number of esters is 1. The molecule has 0 aliphatic carbocycles. The number of hydrogen-bond donors (Lipinski definition) is 1. The maximum atomic E-state index is 12.4. The van der Waals surface area contributed by atoms with E-state index in [0.29, 0.717) is 26.0 Å². The van der Waals surface area contributed by atoms with Crippen molar-refractivity contribution in [3.05, 3.63) is 0 Å². The predicted molar refractivity (Wildman–Crippen MR) is 154 cm³/mol. The molecule has 0 bridgehead atoms. The standard InChI is InChI=1S/C29H60NO6P/c1-5-9-10-11-12-13-14-15-16-17-18-19-20-21-24-34-26-28(36-29(31)22-6-2)27-35-37(32,33)25-23-30(7-3)8-4/h28H,5-27H2,1-4H3,(H,32,33). The predicted octanol–water partition coefficient (Wildman–Crippen LogP) is 7.74. The molecular formula is C29H60NO6P. The van der Waals surface area contributed by atoms with Gasteiger partial charge in [0.15, 0.2) is 0 Å². The highest BCUT2D eigenvalue weighted by atomic mass is 31.2. The molecule has 0 amide bonds. The summed E-state index contributed by atoms with van der Waals surface area (Å²) in [5, 5.41) is 0. The summed E-state index contributed by atoms with van der Waals surface area (Å²) in [5.74, 6) is -0.327. The van der Waals surface area contributed by atoms with Crippen molar-refractivity contribution >= 4 is 13.6 Å². The minimum atomic E-state index is -3.75. The molecule has 0 fully saturated rings. The molecular weight excluding hydrogens is 489 g/mol. The van der Waals surface area contributed by atoms with Crippen LogP contribution in [0.15, 0.2) is 0 Å². The third kappa shape index (κ3) is 24.3. The first-order valence-corrected chi connectivity index (χ1v) is 17.1. The number of ether oxygens (including phenoxy) is 2. The number of carbonyl (C=O) groups excluding carboxylic acids is 1. The van der Waals surface area contributed by atoms with Crippen molar-refractivity contribution in [2.24, 2.45) is 0 Å². The van der Waals surface area contributed by atoms with E-state index in [-0.39, 0.29) is 25.3 Å². The van der Waals surface area contributed by atoms with Crippen LogP contribution >= 0.6 is 7.60 Å². The van der Waals surface area contributed by atoms with Gasteiger partial charge < -0.3 is 23.8 Å². The van der Waals surface area contributed by atoms with Gasteiger partial charge in [-0.1, -0.05) is 111 Å². The van der Waals surface area contributed by atoms with E-state index in [0.717, 1.165) is 25.9 Å². The van der Waals surface area contributed by atoms with Crippen LogP contribution in [-0.4, -0.2) is 67.5 Å². The lowest BCUT2D eigenvalue weighted by atomic mass is 10.0. The normalized spacial score (nSPS) is 14.1. The van der Waals surface area contributed by atoms with E-state index in [9.17, 15) is 14.3 Å². The molecule has 2 unspecified atom stereocenters. The van der Waals surface area contributed by atoms with E-state index in [1.54, 1.807) is 0 Å². The van der Waals surface area contributed by atoms with E-state index in [4.69, 9.17) is 14.0 Å². The maximum absolute atomic E-state index is 12.4. The molecule has 0 aromatic rings. The van der Waals surface area contributed by atoms with Gasteiger partial charge in [0, 0.05) is 19.6 Å². The van der Waals surface area contributed by atoms with E-state index in [1.807, 2.05) is 20.8 Å². The monoisotopic (exact) mass is 549 g/mol. The maximum Gasteiger partial charge on any atom is 0.329 e. The summed E-state index contributed by atoms with van der Waals surface area (Å²) in [4.78, 5) is 24.2. The fourth-order valence-electron chi connectivity index (χ4n) is 4.25. The highest BCUT2D eigenvalue weighted by molar-refractivity contribution is 7.52. The van der Waals surface area contributed by atoms with Crippen LogP contribution < -0.4 is 0 Å². The van der Waals surface area contributed by atoms with Gasteiger partial charge in [-0.25, -0.2) is 0 Å². The second-order valence-electron chi connectivity index (χ2n) is 10.2. The van der Waals surface area contributed by atoms with Crippen molar-refractivity contribution in [2.45, 2.75) is 137 Å². The Hall–Kier alpha value is -0.460. The Labute approximate surface area is 228 Å². The SMILES string of the molecule is CCCCCCCCCCCCCCCCOCC(COP(=O)(O)CCN(CC)CC)OC(=O)CCC. The van der Waals surface area contributed by atoms with Gasteiger partial charge in [-0.2, -0.15) is 0 Å². The van der Waals surface area contributed by atoms with Crippen LogP contribution in [0.4, 0.5) is 0 Å². The Morgan fingerprint density at radius 3 is 1.76 bits per heavy atom. The number of carbonyl (C=O) groups is 1. The van der Waals surface area contributed by atoms with Crippen LogP contribution in [0.2, 0.25) is 0 Å². The van der Waals surface area contributed by atoms with E-state index in [1.165, 1.54) is 77.0 Å². The van der Waals surface area contributed by atoms with Gasteiger partial charge in [-0.05, 0) is 25.9 Å². The molecule has 37 heavy (non-hydrogen) atoms. The molecule has 0 saturated carbocycles. The van der Waals surface area contributed by atoms with Crippen molar-refractivity contribution in [1.29, 1.82) is 0 Å². The fraction of sp³-hybridized carbons (Fsp3) is 0.966. The number of nitrogens with zero attached hydrogens (tertiary/aromatic N) is 1. The number of unbranched alkanes of at least 4 members (excludes halogenated alkanes) is 13. The van der Waals surface area contributed by atoms with Crippen LogP contribution in [0.5, 0.6) is 0 Å². The molecule has 0 radical (unpaired) electrons.